The van der Waals surface area contributed by atoms with Crippen molar-refractivity contribution in [2.45, 2.75) is 6.54 Å². The third-order valence-corrected chi connectivity index (χ3v) is 2.43. The Hall–Kier alpha value is -1.79. The maximum absolute atomic E-state index is 5.92. The zero-order valence-electron chi connectivity index (χ0n) is 10.0. The summed E-state index contributed by atoms with van der Waals surface area (Å²) in [5.74, 6) is 1.15. The highest BCUT2D eigenvalue weighted by molar-refractivity contribution is 6.30. The summed E-state index contributed by atoms with van der Waals surface area (Å²) in [5.41, 5.74) is 0.671. The molecule has 0 radical (unpaired) electrons. The number of aromatic nitrogens is 2. The second-order valence-electron chi connectivity index (χ2n) is 3.50. The Morgan fingerprint density at radius 2 is 2.22 bits per heavy atom. The summed E-state index contributed by atoms with van der Waals surface area (Å²) >= 11 is 5.92. The molecule has 2 aromatic rings. The summed E-state index contributed by atoms with van der Waals surface area (Å²) in [5, 5.41) is 14.2. The minimum absolute atomic E-state index is 0.292. The van der Waals surface area contributed by atoms with Gasteiger partial charge in [0.25, 0.3) is 0 Å². The quantitative estimate of drug-likeness (QED) is 0.866. The zero-order valence-corrected chi connectivity index (χ0v) is 10.8. The highest BCUT2D eigenvalue weighted by Crippen LogP contribution is 2.29. The monoisotopic (exact) mass is 268 g/mol. The molecule has 2 rings (SSSR count). The molecular formula is C11H13ClN4O2. The Morgan fingerprint density at radius 1 is 1.39 bits per heavy atom. The van der Waals surface area contributed by atoms with E-state index in [1.165, 1.54) is 0 Å². The molecule has 0 saturated heterocycles. The van der Waals surface area contributed by atoms with Crippen LogP contribution in [-0.2, 0) is 6.54 Å². The van der Waals surface area contributed by atoms with Crippen LogP contribution in [-0.4, -0.2) is 24.4 Å². The van der Waals surface area contributed by atoms with Crippen molar-refractivity contribution in [2.24, 2.45) is 0 Å². The fourth-order valence-corrected chi connectivity index (χ4v) is 1.59. The van der Waals surface area contributed by atoms with Crippen LogP contribution in [0.5, 0.6) is 5.75 Å². The first-order chi connectivity index (χ1) is 8.72. The van der Waals surface area contributed by atoms with E-state index in [2.05, 4.69) is 20.8 Å². The van der Waals surface area contributed by atoms with Crippen LogP contribution in [0.25, 0.3) is 0 Å². The molecule has 2 N–H and O–H groups in total. The van der Waals surface area contributed by atoms with Gasteiger partial charge in [0.05, 0.1) is 19.3 Å². The summed E-state index contributed by atoms with van der Waals surface area (Å²) in [6, 6.07) is 5.52. The van der Waals surface area contributed by atoms with E-state index in [0.717, 1.165) is 0 Å². The molecule has 0 aliphatic rings. The first-order valence-electron chi connectivity index (χ1n) is 5.30. The second kappa shape index (κ2) is 5.70. The second-order valence-corrected chi connectivity index (χ2v) is 3.94. The molecule has 0 spiro atoms. The number of hydrogen-bond acceptors (Lipinski definition) is 6. The first-order valence-corrected chi connectivity index (χ1v) is 5.68. The van der Waals surface area contributed by atoms with Crippen molar-refractivity contribution in [1.29, 1.82) is 0 Å². The molecule has 1 aromatic carbocycles. The number of methoxy groups -OCH3 is 1. The lowest BCUT2D eigenvalue weighted by molar-refractivity contribution is 0.416. The Kier molecular flexibility index (Phi) is 4.01. The number of anilines is 2. The van der Waals surface area contributed by atoms with E-state index in [1.54, 1.807) is 32.4 Å². The van der Waals surface area contributed by atoms with Crippen molar-refractivity contribution in [3.05, 3.63) is 29.1 Å². The van der Waals surface area contributed by atoms with Gasteiger partial charge in [0.15, 0.2) is 0 Å². The van der Waals surface area contributed by atoms with Gasteiger partial charge in [0, 0.05) is 5.02 Å². The Labute approximate surface area is 109 Å². The smallest absolute Gasteiger partial charge is 0.320 e. The van der Waals surface area contributed by atoms with Gasteiger partial charge in [-0.15, -0.1) is 5.10 Å². The Balaban J connectivity index is 2.19. The van der Waals surface area contributed by atoms with Crippen LogP contribution in [0.4, 0.5) is 11.7 Å². The molecule has 0 bridgehead atoms. The SMILES string of the molecule is CNCc1nnc(Nc2cc(Cl)ccc2OC)o1. The molecule has 0 atom stereocenters. The van der Waals surface area contributed by atoms with Crippen LogP contribution in [0.1, 0.15) is 5.89 Å². The van der Waals surface area contributed by atoms with Crippen molar-refractivity contribution in [3.63, 3.8) is 0 Å². The first kappa shape index (κ1) is 12.7. The summed E-state index contributed by atoms with van der Waals surface area (Å²) < 4.78 is 10.6. The molecule has 18 heavy (non-hydrogen) atoms. The molecule has 0 amide bonds. The fraction of sp³-hybridized carbons (Fsp3) is 0.273. The van der Waals surface area contributed by atoms with Gasteiger partial charge < -0.3 is 19.8 Å². The molecule has 0 fully saturated rings. The third-order valence-electron chi connectivity index (χ3n) is 2.20. The fourth-order valence-electron chi connectivity index (χ4n) is 1.42. The Bertz CT molecular complexity index is 530. The van der Waals surface area contributed by atoms with Crippen LogP contribution in [0.15, 0.2) is 22.6 Å². The van der Waals surface area contributed by atoms with Gasteiger partial charge in [0.1, 0.15) is 5.75 Å². The predicted octanol–water partition coefficient (Wildman–Crippen LogP) is 2.19. The lowest BCUT2D eigenvalue weighted by atomic mass is 10.3. The van der Waals surface area contributed by atoms with Gasteiger partial charge in [-0.2, -0.15) is 0 Å². The van der Waals surface area contributed by atoms with Crippen molar-refractivity contribution in [1.82, 2.24) is 15.5 Å². The van der Waals surface area contributed by atoms with Crippen molar-refractivity contribution < 1.29 is 9.15 Å². The van der Waals surface area contributed by atoms with E-state index in [1.807, 2.05) is 0 Å². The van der Waals surface area contributed by atoms with Crippen molar-refractivity contribution in [3.8, 4) is 5.75 Å². The summed E-state index contributed by atoms with van der Waals surface area (Å²) in [6.45, 7) is 0.515. The van der Waals surface area contributed by atoms with E-state index in [-0.39, 0.29) is 0 Å². The molecule has 6 nitrogen and oxygen atoms in total. The maximum Gasteiger partial charge on any atom is 0.320 e. The normalized spacial score (nSPS) is 10.4. The van der Waals surface area contributed by atoms with Crippen LogP contribution in [0.2, 0.25) is 5.02 Å². The molecule has 96 valence electrons. The topological polar surface area (TPSA) is 72.2 Å². The maximum atomic E-state index is 5.92. The average Bonchev–Trinajstić information content (AvgIpc) is 2.77. The summed E-state index contributed by atoms with van der Waals surface area (Å²) in [7, 11) is 3.38. The van der Waals surface area contributed by atoms with Crippen LogP contribution in [0, 0.1) is 0 Å². The zero-order chi connectivity index (χ0) is 13.0. The third kappa shape index (κ3) is 2.91. The van der Waals surface area contributed by atoms with E-state index in [9.17, 15) is 0 Å². The number of nitrogens with one attached hydrogen (secondary N) is 2. The van der Waals surface area contributed by atoms with Gasteiger partial charge >= 0.3 is 6.01 Å². The number of ether oxygens (including phenoxy) is 1. The predicted molar refractivity (Wildman–Crippen MR) is 68.3 cm³/mol. The van der Waals surface area contributed by atoms with Crippen LogP contribution in [0.3, 0.4) is 0 Å². The lowest BCUT2D eigenvalue weighted by Gasteiger charge is -2.08. The van der Waals surface area contributed by atoms with E-state index in [0.29, 0.717) is 34.9 Å². The molecule has 7 heteroatoms. The van der Waals surface area contributed by atoms with Crippen LogP contribution >= 0.6 is 11.6 Å². The van der Waals surface area contributed by atoms with Gasteiger partial charge in [-0.25, -0.2) is 0 Å². The molecular weight excluding hydrogens is 256 g/mol. The molecule has 0 aliphatic carbocycles. The molecule has 0 unspecified atom stereocenters. The largest absolute Gasteiger partial charge is 0.495 e. The van der Waals surface area contributed by atoms with Gasteiger partial charge in [-0.3, -0.25) is 0 Å². The van der Waals surface area contributed by atoms with E-state index < -0.39 is 0 Å². The Morgan fingerprint density at radius 3 is 2.94 bits per heavy atom. The molecule has 1 heterocycles. The standard InChI is InChI=1S/C11H13ClN4O2/c1-13-6-10-15-16-11(18-10)14-8-5-7(12)3-4-9(8)17-2/h3-5,13H,6H2,1-2H3,(H,14,16). The van der Waals surface area contributed by atoms with Gasteiger partial charge in [-0.05, 0) is 25.2 Å². The van der Waals surface area contributed by atoms with E-state index in [4.69, 9.17) is 20.8 Å². The van der Waals surface area contributed by atoms with Crippen LogP contribution < -0.4 is 15.4 Å². The number of rotatable bonds is 5. The minimum Gasteiger partial charge on any atom is -0.495 e. The highest BCUT2D eigenvalue weighted by Gasteiger charge is 2.09. The number of halogens is 1. The number of benzene rings is 1. The lowest BCUT2D eigenvalue weighted by Crippen LogP contribution is -2.04. The summed E-state index contributed by atoms with van der Waals surface area (Å²) in [4.78, 5) is 0. The number of hydrogen-bond donors (Lipinski definition) is 2. The van der Waals surface area contributed by atoms with Gasteiger partial charge in [0.2, 0.25) is 5.89 Å². The van der Waals surface area contributed by atoms with Crippen molar-refractivity contribution in [2.75, 3.05) is 19.5 Å². The highest BCUT2D eigenvalue weighted by atomic mass is 35.5. The average molecular weight is 269 g/mol. The molecule has 0 aliphatic heterocycles. The minimum atomic E-state index is 0.292. The van der Waals surface area contributed by atoms with Crippen molar-refractivity contribution >= 4 is 23.3 Å². The van der Waals surface area contributed by atoms with Gasteiger partial charge in [-0.1, -0.05) is 16.7 Å². The summed E-state index contributed by atoms with van der Waals surface area (Å²) in [6.07, 6.45) is 0. The van der Waals surface area contributed by atoms with E-state index >= 15 is 0 Å². The number of nitrogens with zero attached hydrogens (tertiary/aromatic N) is 2. The molecule has 1 aromatic heterocycles. The molecule has 0 saturated carbocycles.